The summed E-state index contributed by atoms with van der Waals surface area (Å²) in [7, 11) is 3.49. The van der Waals surface area contributed by atoms with Crippen molar-refractivity contribution in [2.75, 3.05) is 32.2 Å². The third kappa shape index (κ3) is 5.34. The monoisotopic (exact) mass is 525 g/mol. The maximum absolute atomic E-state index is 10.5. The molecule has 3 aromatic rings. The third-order valence-corrected chi connectivity index (χ3v) is 9.88. The second-order valence-electron chi connectivity index (χ2n) is 11.9. The van der Waals surface area contributed by atoms with E-state index in [2.05, 4.69) is 47.4 Å². The maximum Gasteiger partial charge on any atom is 0.159 e. The lowest BCUT2D eigenvalue weighted by atomic mass is 9.66. The van der Waals surface area contributed by atoms with E-state index in [-0.39, 0.29) is 6.29 Å². The van der Waals surface area contributed by atoms with Crippen LogP contribution in [0.2, 0.25) is 0 Å². The van der Waals surface area contributed by atoms with Gasteiger partial charge in [0.1, 0.15) is 5.75 Å². The van der Waals surface area contributed by atoms with Gasteiger partial charge in [-0.25, -0.2) is 0 Å². The Morgan fingerprint density at radius 1 is 0.821 bits per heavy atom. The number of benzene rings is 3. The van der Waals surface area contributed by atoms with Crippen molar-refractivity contribution in [1.82, 2.24) is 0 Å². The van der Waals surface area contributed by atoms with E-state index in [0.29, 0.717) is 23.5 Å². The first-order chi connectivity index (χ1) is 19.2. The Bertz CT molecular complexity index is 1240. The molecule has 2 fully saturated rings. The van der Waals surface area contributed by atoms with Crippen LogP contribution in [-0.4, -0.2) is 38.7 Å². The molecule has 0 unspecified atom stereocenters. The molecule has 3 aromatic carbocycles. The van der Waals surface area contributed by atoms with Gasteiger partial charge in [0.25, 0.3) is 0 Å². The van der Waals surface area contributed by atoms with Crippen LogP contribution >= 0.6 is 0 Å². The predicted molar refractivity (Wildman–Crippen MR) is 158 cm³/mol. The average molecular weight is 526 g/mol. The first-order valence-electron chi connectivity index (χ1n) is 15.0. The number of ether oxygens (including phenoxy) is 2. The first kappa shape index (κ1) is 26.4. The van der Waals surface area contributed by atoms with Crippen molar-refractivity contribution in [3.05, 3.63) is 83.4 Å². The molecule has 0 radical (unpaired) electrons. The third-order valence-electron chi connectivity index (χ3n) is 9.88. The van der Waals surface area contributed by atoms with Gasteiger partial charge < -0.3 is 19.5 Å². The minimum atomic E-state index is -0.0974. The number of phenols is 1. The molecule has 4 nitrogen and oxygen atoms in total. The number of hydrogen-bond donors (Lipinski definition) is 1. The molecule has 206 valence electrons. The van der Waals surface area contributed by atoms with Gasteiger partial charge in [0, 0.05) is 50.4 Å². The Morgan fingerprint density at radius 2 is 1.54 bits per heavy atom. The molecule has 1 N–H and O–H groups in total. The molecule has 0 amide bonds. The quantitative estimate of drug-likeness (QED) is 0.320. The lowest BCUT2D eigenvalue weighted by molar-refractivity contribution is -0.141. The maximum atomic E-state index is 10.5. The summed E-state index contributed by atoms with van der Waals surface area (Å²) in [5.41, 5.74) is 7.77. The standard InChI is InChI=1S/C35H43NO3/c1-38-35(39-2)26-19-21-36(22-20-26)29-15-11-25(12-16-29)34-31(24-7-3-4-8-24)17-14-28-23-27(13-18-32(28)34)30-9-5-6-10-33(30)37/h5-6,9-13,15-16,18,23-24,26,31,34-35,37H,3-4,7-8,14,17,19-22H2,1-2H3/t31-,34+/m1/s1. The zero-order valence-corrected chi connectivity index (χ0v) is 23.5. The fourth-order valence-electron chi connectivity index (χ4n) is 7.85. The molecule has 2 aliphatic carbocycles. The molecule has 1 saturated carbocycles. The first-order valence-corrected chi connectivity index (χ1v) is 15.0. The van der Waals surface area contributed by atoms with Gasteiger partial charge in [0.2, 0.25) is 0 Å². The molecule has 0 aromatic heterocycles. The van der Waals surface area contributed by atoms with Crippen molar-refractivity contribution in [3.63, 3.8) is 0 Å². The second kappa shape index (κ2) is 11.7. The summed E-state index contributed by atoms with van der Waals surface area (Å²) >= 11 is 0. The summed E-state index contributed by atoms with van der Waals surface area (Å²) in [5.74, 6) is 2.79. The molecule has 3 aliphatic rings. The zero-order valence-electron chi connectivity index (χ0n) is 23.5. The molecule has 39 heavy (non-hydrogen) atoms. The average Bonchev–Trinajstić information content (AvgIpc) is 3.53. The molecule has 0 bridgehead atoms. The van der Waals surface area contributed by atoms with Gasteiger partial charge in [-0.1, -0.05) is 74.2 Å². The zero-order chi connectivity index (χ0) is 26.8. The van der Waals surface area contributed by atoms with E-state index in [0.717, 1.165) is 49.4 Å². The summed E-state index contributed by atoms with van der Waals surface area (Å²) in [6.45, 7) is 2.08. The second-order valence-corrected chi connectivity index (χ2v) is 11.9. The van der Waals surface area contributed by atoms with Crippen LogP contribution < -0.4 is 4.90 Å². The highest BCUT2D eigenvalue weighted by Gasteiger charge is 2.37. The SMILES string of the molecule is COC(OC)C1CCN(c2ccc([C@@H]3c4ccc(-c5ccccc5O)cc4CC[C@@H]3C3CCCC3)cc2)CC1. The number of rotatable bonds is 7. The predicted octanol–water partition coefficient (Wildman–Crippen LogP) is 7.78. The Labute approximate surface area is 234 Å². The summed E-state index contributed by atoms with van der Waals surface area (Å²) in [6, 6.07) is 24.2. The molecule has 1 saturated heterocycles. The molecule has 4 heteroatoms. The van der Waals surface area contributed by atoms with E-state index in [1.54, 1.807) is 20.3 Å². The Balaban J connectivity index is 1.26. The van der Waals surface area contributed by atoms with Crippen molar-refractivity contribution < 1.29 is 14.6 Å². The van der Waals surface area contributed by atoms with E-state index in [4.69, 9.17) is 9.47 Å². The Morgan fingerprint density at radius 3 is 2.23 bits per heavy atom. The van der Waals surface area contributed by atoms with Gasteiger partial charge >= 0.3 is 0 Å². The summed E-state index contributed by atoms with van der Waals surface area (Å²) in [6.07, 6.45) is 9.99. The topological polar surface area (TPSA) is 41.9 Å². The molecule has 6 rings (SSSR count). The summed E-state index contributed by atoms with van der Waals surface area (Å²) in [5, 5.41) is 10.5. The van der Waals surface area contributed by atoms with Crippen LogP contribution in [0.25, 0.3) is 11.1 Å². The van der Waals surface area contributed by atoms with Gasteiger partial charge in [-0.15, -0.1) is 0 Å². The van der Waals surface area contributed by atoms with Crippen LogP contribution in [-0.2, 0) is 15.9 Å². The van der Waals surface area contributed by atoms with E-state index < -0.39 is 0 Å². The minimum Gasteiger partial charge on any atom is -0.507 e. The van der Waals surface area contributed by atoms with Crippen LogP contribution in [0, 0.1) is 17.8 Å². The van der Waals surface area contributed by atoms with Crippen molar-refractivity contribution in [2.24, 2.45) is 17.8 Å². The fourth-order valence-corrected chi connectivity index (χ4v) is 7.85. The smallest absolute Gasteiger partial charge is 0.159 e. The summed E-state index contributed by atoms with van der Waals surface area (Å²) in [4.78, 5) is 2.52. The number of piperidine rings is 1. The van der Waals surface area contributed by atoms with Gasteiger partial charge in [-0.2, -0.15) is 0 Å². The van der Waals surface area contributed by atoms with Gasteiger partial charge in [-0.05, 0) is 78.0 Å². The van der Waals surface area contributed by atoms with Gasteiger partial charge in [0.15, 0.2) is 6.29 Å². The van der Waals surface area contributed by atoms with E-state index >= 15 is 0 Å². The van der Waals surface area contributed by atoms with E-state index in [9.17, 15) is 5.11 Å². The normalized spacial score (nSPS) is 22.4. The van der Waals surface area contributed by atoms with Gasteiger partial charge in [-0.3, -0.25) is 0 Å². The van der Waals surface area contributed by atoms with Crippen LogP contribution in [0.5, 0.6) is 5.75 Å². The number of aromatic hydroxyl groups is 1. The molecule has 1 aliphatic heterocycles. The minimum absolute atomic E-state index is 0.0974. The highest BCUT2D eigenvalue weighted by Crippen LogP contribution is 2.49. The number of hydrogen-bond acceptors (Lipinski definition) is 4. The number of fused-ring (bicyclic) bond motifs is 1. The molecule has 1 heterocycles. The van der Waals surface area contributed by atoms with Gasteiger partial charge in [0.05, 0.1) is 0 Å². The molecular formula is C35H43NO3. The fraction of sp³-hybridized carbons (Fsp3) is 0.486. The molecule has 0 spiro atoms. The van der Waals surface area contributed by atoms with Crippen LogP contribution in [0.3, 0.4) is 0 Å². The number of methoxy groups -OCH3 is 2. The lowest BCUT2D eigenvalue weighted by Gasteiger charge is -2.39. The number of para-hydroxylation sites is 1. The Kier molecular flexibility index (Phi) is 7.95. The highest BCUT2D eigenvalue weighted by atomic mass is 16.7. The number of phenolic OH excluding ortho intramolecular Hbond substituents is 1. The Hall–Kier alpha value is -2.82. The number of anilines is 1. The van der Waals surface area contributed by atoms with Crippen LogP contribution in [0.15, 0.2) is 66.7 Å². The summed E-state index contributed by atoms with van der Waals surface area (Å²) < 4.78 is 11.1. The van der Waals surface area contributed by atoms with Crippen LogP contribution in [0.4, 0.5) is 5.69 Å². The van der Waals surface area contributed by atoms with Crippen molar-refractivity contribution in [1.29, 1.82) is 0 Å². The van der Waals surface area contributed by atoms with Crippen molar-refractivity contribution >= 4 is 5.69 Å². The highest BCUT2D eigenvalue weighted by molar-refractivity contribution is 5.71. The largest absolute Gasteiger partial charge is 0.507 e. The van der Waals surface area contributed by atoms with Crippen molar-refractivity contribution in [2.45, 2.75) is 63.6 Å². The van der Waals surface area contributed by atoms with Crippen LogP contribution in [0.1, 0.15) is 67.6 Å². The lowest BCUT2D eigenvalue weighted by Crippen LogP contribution is -2.39. The van der Waals surface area contributed by atoms with E-state index in [1.165, 1.54) is 54.5 Å². The molecule has 2 atom stereocenters. The van der Waals surface area contributed by atoms with E-state index in [1.807, 2.05) is 18.2 Å². The number of aryl methyl sites for hydroxylation is 1. The van der Waals surface area contributed by atoms with Crippen molar-refractivity contribution in [3.8, 4) is 16.9 Å². The number of nitrogens with zero attached hydrogens (tertiary/aromatic N) is 1. The molecular weight excluding hydrogens is 482 g/mol.